The van der Waals surface area contributed by atoms with Gasteiger partial charge in [0.15, 0.2) is 0 Å². The Hall–Kier alpha value is -2.76. The Kier molecular flexibility index (Phi) is 3.36. The first-order valence-corrected chi connectivity index (χ1v) is 6.30. The summed E-state index contributed by atoms with van der Waals surface area (Å²) in [5.74, 6) is -0.112. The summed E-state index contributed by atoms with van der Waals surface area (Å²) in [5.41, 5.74) is 3.11. The summed E-state index contributed by atoms with van der Waals surface area (Å²) in [7, 11) is 0. The molecule has 0 aliphatic carbocycles. The molecule has 0 spiro atoms. The highest BCUT2D eigenvalue weighted by Gasteiger charge is 2.07. The normalized spacial score (nSPS) is 10.6. The fourth-order valence-electron chi connectivity index (χ4n) is 1.95. The SMILES string of the molecule is O=C(NCCc1cccnc1)c1ccc2n[nH]nc2c1. The lowest BCUT2D eigenvalue weighted by Gasteiger charge is -2.05. The van der Waals surface area contributed by atoms with Gasteiger partial charge in [-0.2, -0.15) is 15.4 Å². The van der Waals surface area contributed by atoms with Gasteiger partial charge in [-0.05, 0) is 36.2 Å². The fraction of sp³-hybridized carbons (Fsp3) is 0.143. The first-order valence-electron chi connectivity index (χ1n) is 6.30. The summed E-state index contributed by atoms with van der Waals surface area (Å²) in [6, 6.07) is 9.10. The van der Waals surface area contributed by atoms with E-state index in [0.717, 1.165) is 17.5 Å². The molecular weight excluding hydrogens is 254 g/mol. The molecule has 0 fully saturated rings. The molecule has 0 aliphatic heterocycles. The van der Waals surface area contributed by atoms with Crippen molar-refractivity contribution in [2.45, 2.75) is 6.42 Å². The van der Waals surface area contributed by atoms with E-state index in [1.54, 1.807) is 30.6 Å². The van der Waals surface area contributed by atoms with Gasteiger partial charge in [0.1, 0.15) is 11.0 Å². The van der Waals surface area contributed by atoms with E-state index in [1.165, 1.54) is 0 Å². The van der Waals surface area contributed by atoms with Crippen LogP contribution in [-0.4, -0.2) is 32.8 Å². The molecule has 2 aromatic heterocycles. The summed E-state index contributed by atoms with van der Waals surface area (Å²) in [4.78, 5) is 16.1. The second kappa shape index (κ2) is 5.48. The van der Waals surface area contributed by atoms with Gasteiger partial charge in [0, 0.05) is 24.5 Å². The van der Waals surface area contributed by atoms with Crippen molar-refractivity contribution in [3.05, 3.63) is 53.9 Å². The maximum absolute atomic E-state index is 12.0. The minimum Gasteiger partial charge on any atom is -0.352 e. The monoisotopic (exact) mass is 267 g/mol. The molecular formula is C14H13N5O. The summed E-state index contributed by atoms with van der Waals surface area (Å²) < 4.78 is 0. The first kappa shape index (κ1) is 12.3. The molecule has 0 atom stereocenters. The van der Waals surface area contributed by atoms with Gasteiger partial charge < -0.3 is 5.32 Å². The van der Waals surface area contributed by atoms with Gasteiger partial charge in [-0.1, -0.05) is 6.07 Å². The largest absolute Gasteiger partial charge is 0.352 e. The zero-order valence-electron chi connectivity index (χ0n) is 10.7. The number of aromatic nitrogens is 4. The summed E-state index contributed by atoms with van der Waals surface area (Å²) in [6.07, 6.45) is 4.29. The number of nitrogens with zero attached hydrogens (tertiary/aromatic N) is 3. The number of carbonyl (C=O) groups is 1. The molecule has 0 bridgehead atoms. The van der Waals surface area contributed by atoms with E-state index < -0.39 is 0 Å². The van der Waals surface area contributed by atoms with E-state index >= 15 is 0 Å². The molecule has 2 N–H and O–H groups in total. The Labute approximate surface area is 115 Å². The molecule has 3 aromatic rings. The smallest absolute Gasteiger partial charge is 0.251 e. The van der Waals surface area contributed by atoms with Crippen LogP contribution in [0.3, 0.4) is 0 Å². The number of carbonyl (C=O) groups excluding carboxylic acids is 1. The lowest BCUT2D eigenvalue weighted by Crippen LogP contribution is -2.25. The standard InChI is InChI=1S/C14H13N5O/c20-14(16-7-5-10-2-1-6-15-9-10)11-3-4-12-13(8-11)18-19-17-12/h1-4,6,8-9H,5,7H2,(H,16,20)(H,17,18,19). The van der Waals surface area contributed by atoms with Gasteiger partial charge in [0.05, 0.1) is 0 Å². The van der Waals surface area contributed by atoms with E-state index in [2.05, 4.69) is 25.7 Å². The van der Waals surface area contributed by atoms with Crippen LogP contribution in [0.5, 0.6) is 0 Å². The topological polar surface area (TPSA) is 83.6 Å². The molecule has 2 heterocycles. The molecule has 1 amide bonds. The molecule has 20 heavy (non-hydrogen) atoms. The van der Waals surface area contributed by atoms with Gasteiger partial charge >= 0.3 is 0 Å². The van der Waals surface area contributed by atoms with Crippen molar-refractivity contribution in [1.29, 1.82) is 0 Å². The molecule has 0 saturated carbocycles. The minimum atomic E-state index is -0.112. The van der Waals surface area contributed by atoms with Gasteiger partial charge in [-0.25, -0.2) is 0 Å². The fourth-order valence-corrected chi connectivity index (χ4v) is 1.95. The highest BCUT2D eigenvalue weighted by Crippen LogP contribution is 2.10. The maximum Gasteiger partial charge on any atom is 0.251 e. The third-order valence-corrected chi connectivity index (χ3v) is 3.00. The van der Waals surface area contributed by atoms with E-state index in [0.29, 0.717) is 17.6 Å². The Morgan fingerprint density at radius 3 is 2.95 bits per heavy atom. The Morgan fingerprint density at radius 2 is 2.10 bits per heavy atom. The van der Waals surface area contributed by atoms with Gasteiger partial charge in [-0.3, -0.25) is 9.78 Å². The maximum atomic E-state index is 12.0. The van der Waals surface area contributed by atoms with E-state index in [9.17, 15) is 4.79 Å². The number of rotatable bonds is 4. The number of hydrogen-bond donors (Lipinski definition) is 2. The molecule has 6 heteroatoms. The lowest BCUT2D eigenvalue weighted by atomic mass is 10.1. The van der Waals surface area contributed by atoms with Gasteiger partial charge in [0.2, 0.25) is 0 Å². The highest BCUT2D eigenvalue weighted by atomic mass is 16.1. The van der Waals surface area contributed by atoms with E-state index in [1.807, 2.05) is 12.1 Å². The number of H-pyrrole nitrogens is 1. The van der Waals surface area contributed by atoms with Gasteiger partial charge in [0.25, 0.3) is 5.91 Å². The van der Waals surface area contributed by atoms with Crippen molar-refractivity contribution < 1.29 is 4.79 Å². The van der Waals surface area contributed by atoms with E-state index in [4.69, 9.17) is 0 Å². The summed E-state index contributed by atoms with van der Waals surface area (Å²) >= 11 is 0. The number of aromatic amines is 1. The second-order valence-electron chi connectivity index (χ2n) is 4.39. The molecule has 3 rings (SSSR count). The van der Waals surface area contributed by atoms with Crippen molar-refractivity contribution in [3.8, 4) is 0 Å². The highest BCUT2D eigenvalue weighted by molar-refractivity contribution is 5.97. The molecule has 100 valence electrons. The van der Waals surface area contributed by atoms with Crippen LogP contribution in [0.1, 0.15) is 15.9 Å². The quantitative estimate of drug-likeness (QED) is 0.747. The Morgan fingerprint density at radius 1 is 1.20 bits per heavy atom. The van der Waals surface area contributed by atoms with Crippen LogP contribution in [0.2, 0.25) is 0 Å². The second-order valence-corrected chi connectivity index (χ2v) is 4.39. The van der Waals surface area contributed by atoms with Crippen LogP contribution in [0.25, 0.3) is 11.0 Å². The molecule has 1 aromatic carbocycles. The predicted octanol–water partition coefficient (Wildman–Crippen LogP) is 1.33. The summed E-state index contributed by atoms with van der Waals surface area (Å²) in [5, 5.41) is 13.3. The average Bonchev–Trinajstić information content (AvgIpc) is 2.95. The van der Waals surface area contributed by atoms with Crippen molar-refractivity contribution in [2.24, 2.45) is 0 Å². The number of pyridine rings is 1. The lowest BCUT2D eigenvalue weighted by molar-refractivity contribution is 0.0954. The van der Waals surface area contributed by atoms with Crippen LogP contribution in [0, 0.1) is 0 Å². The molecule has 0 aliphatic rings. The average molecular weight is 267 g/mol. The molecule has 6 nitrogen and oxygen atoms in total. The zero-order chi connectivity index (χ0) is 13.8. The van der Waals surface area contributed by atoms with Crippen LogP contribution in [0.15, 0.2) is 42.7 Å². The van der Waals surface area contributed by atoms with Crippen molar-refractivity contribution in [3.63, 3.8) is 0 Å². The van der Waals surface area contributed by atoms with Crippen LogP contribution in [0.4, 0.5) is 0 Å². The first-order chi connectivity index (χ1) is 9.83. The van der Waals surface area contributed by atoms with Crippen molar-refractivity contribution in [2.75, 3.05) is 6.54 Å². The van der Waals surface area contributed by atoms with Crippen LogP contribution >= 0.6 is 0 Å². The zero-order valence-corrected chi connectivity index (χ0v) is 10.7. The number of amides is 1. The Bertz CT molecular complexity index is 723. The van der Waals surface area contributed by atoms with Crippen molar-refractivity contribution in [1.82, 2.24) is 25.7 Å². The molecule has 0 saturated heterocycles. The van der Waals surface area contributed by atoms with Crippen molar-refractivity contribution >= 4 is 16.9 Å². The third kappa shape index (κ3) is 2.64. The predicted molar refractivity (Wildman–Crippen MR) is 74.2 cm³/mol. The van der Waals surface area contributed by atoms with Crippen LogP contribution < -0.4 is 5.32 Å². The number of nitrogens with one attached hydrogen (secondary N) is 2. The number of benzene rings is 1. The number of fused-ring (bicyclic) bond motifs is 1. The Balaban J connectivity index is 1.61. The molecule has 0 unspecified atom stereocenters. The van der Waals surface area contributed by atoms with E-state index in [-0.39, 0.29) is 5.91 Å². The summed E-state index contributed by atoms with van der Waals surface area (Å²) in [6.45, 7) is 0.571. The number of hydrogen-bond acceptors (Lipinski definition) is 4. The minimum absolute atomic E-state index is 0.112. The molecule has 0 radical (unpaired) electrons. The van der Waals surface area contributed by atoms with Gasteiger partial charge in [-0.15, -0.1) is 0 Å². The van der Waals surface area contributed by atoms with Crippen LogP contribution in [-0.2, 0) is 6.42 Å². The third-order valence-electron chi connectivity index (χ3n) is 3.00.